The van der Waals surface area contributed by atoms with E-state index < -0.39 is 0 Å². The molecule has 124 valence electrons. The first-order valence-corrected chi connectivity index (χ1v) is 8.76. The minimum Gasteiger partial charge on any atom is -0.353 e. The molecule has 0 saturated carbocycles. The van der Waals surface area contributed by atoms with E-state index >= 15 is 0 Å². The SMILES string of the molecule is CCC[C@H](C)NC(=O)CSc1nnc(-c2ccc(Cl)cc2)n1N. The largest absolute Gasteiger partial charge is 0.353 e. The number of nitrogen functional groups attached to an aromatic ring is 1. The van der Waals surface area contributed by atoms with E-state index in [9.17, 15) is 4.79 Å². The summed E-state index contributed by atoms with van der Waals surface area (Å²) in [7, 11) is 0. The Hall–Kier alpha value is -1.73. The number of hydrogen-bond acceptors (Lipinski definition) is 5. The highest BCUT2D eigenvalue weighted by atomic mass is 35.5. The quantitative estimate of drug-likeness (QED) is 0.590. The molecule has 0 aliphatic rings. The average molecular weight is 354 g/mol. The van der Waals surface area contributed by atoms with Gasteiger partial charge in [0.15, 0.2) is 5.82 Å². The third-order valence-electron chi connectivity index (χ3n) is 3.23. The van der Waals surface area contributed by atoms with Gasteiger partial charge in [-0.05, 0) is 37.6 Å². The lowest BCUT2D eigenvalue weighted by Crippen LogP contribution is -2.33. The summed E-state index contributed by atoms with van der Waals surface area (Å²) < 4.78 is 1.39. The van der Waals surface area contributed by atoms with Crippen molar-refractivity contribution < 1.29 is 4.79 Å². The van der Waals surface area contributed by atoms with Crippen LogP contribution in [0.2, 0.25) is 5.02 Å². The number of amides is 1. The molecule has 1 heterocycles. The molecule has 6 nitrogen and oxygen atoms in total. The molecule has 0 aliphatic carbocycles. The third kappa shape index (κ3) is 4.87. The lowest BCUT2D eigenvalue weighted by Gasteiger charge is -2.12. The second-order valence-corrected chi connectivity index (χ2v) is 6.61. The van der Waals surface area contributed by atoms with Gasteiger partial charge >= 0.3 is 0 Å². The maximum absolute atomic E-state index is 11.9. The molecule has 1 amide bonds. The Labute approximate surface area is 144 Å². The van der Waals surface area contributed by atoms with Crippen LogP contribution in [-0.2, 0) is 4.79 Å². The minimum atomic E-state index is -0.0352. The van der Waals surface area contributed by atoms with E-state index in [0.29, 0.717) is 16.0 Å². The molecule has 0 spiro atoms. The number of carbonyl (C=O) groups is 1. The summed E-state index contributed by atoms with van der Waals surface area (Å²) in [6.07, 6.45) is 2.00. The summed E-state index contributed by atoms with van der Waals surface area (Å²) in [5.74, 6) is 6.76. The van der Waals surface area contributed by atoms with Gasteiger partial charge in [0.2, 0.25) is 11.1 Å². The molecule has 2 aromatic rings. The molecule has 0 aliphatic heterocycles. The van der Waals surface area contributed by atoms with Gasteiger partial charge in [-0.25, -0.2) is 4.68 Å². The number of halogens is 1. The van der Waals surface area contributed by atoms with E-state index in [2.05, 4.69) is 22.4 Å². The highest BCUT2D eigenvalue weighted by molar-refractivity contribution is 7.99. The number of benzene rings is 1. The lowest BCUT2D eigenvalue weighted by atomic mass is 10.2. The second kappa shape index (κ2) is 8.21. The van der Waals surface area contributed by atoms with Crippen molar-refractivity contribution in [3.63, 3.8) is 0 Å². The Morgan fingerprint density at radius 1 is 1.39 bits per heavy atom. The van der Waals surface area contributed by atoms with Gasteiger partial charge in [-0.3, -0.25) is 4.79 Å². The number of hydrogen-bond donors (Lipinski definition) is 2. The first-order valence-electron chi connectivity index (χ1n) is 7.39. The monoisotopic (exact) mass is 353 g/mol. The van der Waals surface area contributed by atoms with Crippen molar-refractivity contribution >= 4 is 29.3 Å². The van der Waals surface area contributed by atoms with Crippen molar-refractivity contribution in [3.05, 3.63) is 29.3 Å². The highest BCUT2D eigenvalue weighted by Gasteiger charge is 2.14. The third-order valence-corrected chi connectivity index (χ3v) is 4.42. The van der Waals surface area contributed by atoms with E-state index in [1.54, 1.807) is 12.1 Å². The Morgan fingerprint density at radius 3 is 2.74 bits per heavy atom. The Bertz CT molecular complexity index is 658. The van der Waals surface area contributed by atoms with Crippen molar-refractivity contribution in [2.24, 2.45) is 0 Å². The molecule has 8 heteroatoms. The molecule has 0 fully saturated rings. The fourth-order valence-electron chi connectivity index (χ4n) is 2.12. The summed E-state index contributed by atoms with van der Waals surface area (Å²) in [5, 5.41) is 12.2. The molecule has 1 aromatic carbocycles. The van der Waals surface area contributed by atoms with Crippen LogP contribution in [-0.4, -0.2) is 32.6 Å². The number of rotatable bonds is 7. The van der Waals surface area contributed by atoms with Gasteiger partial charge in [-0.15, -0.1) is 10.2 Å². The molecule has 1 atom stereocenters. The van der Waals surface area contributed by atoms with Crippen molar-refractivity contribution in [2.45, 2.75) is 37.9 Å². The topological polar surface area (TPSA) is 85.8 Å². The Morgan fingerprint density at radius 2 is 2.09 bits per heavy atom. The molecular formula is C15H20ClN5OS. The summed E-state index contributed by atoms with van der Waals surface area (Å²) in [4.78, 5) is 11.9. The van der Waals surface area contributed by atoms with Crippen LogP contribution < -0.4 is 11.2 Å². The summed E-state index contributed by atoms with van der Waals surface area (Å²) in [6, 6.07) is 7.35. The number of aromatic nitrogens is 3. The number of nitrogens with zero attached hydrogens (tertiary/aromatic N) is 3. The molecule has 0 bridgehead atoms. The number of nitrogens with one attached hydrogen (secondary N) is 1. The highest BCUT2D eigenvalue weighted by Crippen LogP contribution is 2.22. The predicted molar refractivity (Wildman–Crippen MR) is 93.9 cm³/mol. The van der Waals surface area contributed by atoms with Crippen LogP contribution in [0.3, 0.4) is 0 Å². The van der Waals surface area contributed by atoms with E-state index in [1.807, 2.05) is 19.1 Å². The average Bonchev–Trinajstić information content (AvgIpc) is 2.87. The zero-order valence-electron chi connectivity index (χ0n) is 13.1. The van der Waals surface area contributed by atoms with E-state index in [0.717, 1.165) is 18.4 Å². The smallest absolute Gasteiger partial charge is 0.230 e. The fourth-order valence-corrected chi connectivity index (χ4v) is 2.92. The van der Waals surface area contributed by atoms with E-state index in [1.165, 1.54) is 16.4 Å². The first-order chi connectivity index (χ1) is 11.0. The maximum atomic E-state index is 11.9. The molecule has 1 aromatic heterocycles. The van der Waals surface area contributed by atoms with Crippen molar-refractivity contribution in [3.8, 4) is 11.4 Å². The minimum absolute atomic E-state index is 0.0352. The van der Waals surface area contributed by atoms with Gasteiger partial charge in [-0.1, -0.05) is 36.7 Å². The van der Waals surface area contributed by atoms with Gasteiger partial charge in [0.05, 0.1) is 5.75 Å². The molecule has 3 N–H and O–H groups in total. The Kier molecular flexibility index (Phi) is 6.29. The van der Waals surface area contributed by atoms with Gasteiger partial charge in [0.1, 0.15) is 0 Å². The molecule has 23 heavy (non-hydrogen) atoms. The van der Waals surface area contributed by atoms with Crippen molar-refractivity contribution in [1.82, 2.24) is 20.2 Å². The van der Waals surface area contributed by atoms with Gasteiger partial charge < -0.3 is 11.2 Å². The maximum Gasteiger partial charge on any atom is 0.230 e. The number of nitrogens with two attached hydrogens (primary N) is 1. The van der Waals surface area contributed by atoms with E-state index in [4.69, 9.17) is 17.4 Å². The standard InChI is InChI=1S/C15H20ClN5OS/c1-3-4-10(2)18-13(22)9-23-15-20-19-14(21(15)17)11-5-7-12(16)8-6-11/h5-8,10H,3-4,9,17H2,1-2H3,(H,18,22)/t10-/m0/s1. The molecule has 2 rings (SSSR count). The van der Waals surface area contributed by atoms with Gasteiger partial charge in [0.25, 0.3) is 0 Å². The summed E-state index contributed by atoms with van der Waals surface area (Å²) in [6.45, 7) is 4.09. The second-order valence-electron chi connectivity index (χ2n) is 5.23. The van der Waals surface area contributed by atoms with Crippen LogP contribution in [0.1, 0.15) is 26.7 Å². The first kappa shape index (κ1) is 17.6. The summed E-state index contributed by atoms with van der Waals surface area (Å²) in [5.41, 5.74) is 0.817. The van der Waals surface area contributed by atoms with Gasteiger partial charge in [0, 0.05) is 16.6 Å². The van der Waals surface area contributed by atoms with Crippen molar-refractivity contribution in [1.29, 1.82) is 0 Å². The van der Waals surface area contributed by atoms with Crippen LogP contribution in [0.5, 0.6) is 0 Å². The number of carbonyl (C=O) groups excluding carboxylic acids is 1. The van der Waals surface area contributed by atoms with Crippen LogP contribution in [0, 0.1) is 0 Å². The molecule has 0 radical (unpaired) electrons. The van der Waals surface area contributed by atoms with E-state index in [-0.39, 0.29) is 17.7 Å². The Balaban J connectivity index is 1.97. The van der Waals surface area contributed by atoms with Gasteiger partial charge in [-0.2, -0.15) is 0 Å². The molecule has 0 unspecified atom stereocenters. The zero-order valence-corrected chi connectivity index (χ0v) is 14.7. The normalized spacial score (nSPS) is 12.1. The summed E-state index contributed by atoms with van der Waals surface area (Å²) >= 11 is 7.13. The molecule has 0 saturated heterocycles. The molecular weight excluding hydrogens is 334 g/mol. The zero-order chi connectivity index (χ0) is 16.8. The fraction of sp³-hybridized carbons (Fsp3) is 0.400. The van der Waals surface area contributed by atoms with Crippen LogP contribution in [0.25, 0.3) is 11.4 Å². The van der Waals surface area contributed by atoms with Crippen molar-refractivity contribution in [2.75, 3.05) is 11.6 Å². The van der Waals surface area contributed by atoms with Crippen LogP contribution >= 0.6 is 23.4 Å². The number of thioether (sulfide) groups is 1. The lowest BCUT2D eigenvalue weighted by molar-refractivity contribution is -0.119. The van der Waals surface area contributed by atoms with Crippen LogP contribution in [0.4, 0.5) is 0 Å². The predicted octanol–water partition coefficient (Wildman–Crippen LogP) is 2.71. The van der Waals surface area contributed by atoms with Crippen LogP contribution in [0.15, 0.2) is 29.4 Å².